The number of nitrogens with zero attached hydrogens (tertiary/aromatic N) is 4. The number of aromatic nitrogens is 2. The summed E-state index contributed by atoms with van der Waals surface area (Å²) in [5.41, 5.74) is 0.124. The minimum absolute atomic E-state index is 0.115. The normalized spacial score (nSPS) is 25.1. The van der Waals surface area contributed by atoms with Crippen LogP contribution < -0.4 is 10.6 Å². The molecule has 2 saturated heterocycles. The van der Waals surface area contributed by atoms with E-state index < -0.39 is 30.0 Å². The highest BCUT2D eigenvalue weighted by atomic mass is 16.5. The second-order valence-corrected chi connectivity index (χ2v) is 9.09. The second-order valence-electron chi connectivity index (χ2n) is 9.09. The Morgan fingerprint density at radius 1 is 0.941 bits per heavy atom. The number of hydrogen-bond donors (Lipinski definition) is 2. The fourth-order valence-electron chi connectivity index (χ4n) is 5.26. The van der Waals surface area contributed by atoms with E-state index in [0.717, 1.165) is 25.7 Å². The lowest BCUT2D eigenvalue weighted by atomic mass is 9.96. The Morgan fingerprint density at radius 2 is 1.74 bits per heavy atom. The molecule has 3 fully saturated rings. The zero-order valence-electron chi connectivity index (χ0n) is 19.4. The third-order valence-electron chi connectivity index (χ3n) is 6.96. The molecule has 3 aliphatic rings. The number of rotatable bonds is 5. The molecule has 4 rings (SSSR count). The number of carbonyl (C=O) groups excluding carboxylic acids is 4. The van der Waals surface area contributed by atoms with Gasteiger partial charge in [-0.3, -0.25) is 14.6 Å². The van der Waals surface area contributed by atoms with E-state index in [1.807, 2.05) is 0 Å². The molecule has 3 unspecified atom stereocenters. The van der Waals surface area contributed by atoms with Gasteiger partial charge in [-0.15, -0.1) is 0 Å². The van der Waals surface area contributed by atoms with Crippen LogP contribution in [0.4, 0.5) is 4.79 Å². The molecule has 1 aliphatic carbocycles. The lowest BCUT2D eigenvalue weighted by molar-refractivity contribution is -0.152. The van der Waals surface area contributed by atoms with Crippen LogP contribution in [0.3, 0.4) is 0 Å². The average molecular weight is 473 g/mol. The van der Waals surface area contributed by atoms with Gasteiger partial charge in [-0.1, -0.05) is 19.3 Å². The maximum Gasteiger partial charge on any atom is 0.328 e. The van der Waals surface area contributed by atoms with Crippen molar-refractivity contribution in [2.24, 2.45) is 0 Å². The lowest BCUT2D eigenvalue weighted by Gasteiger charge is -2.33. The summed E-state index contributed by atoms with van der Waals surface area (Å²) in [4.78, 5) is 62.9. The van der Waals surface area contributed by atoms with Crippen LogP contribution in [0.2, 0.25) is 0 Å². The first-order valence-corrected chi connectivity index (χ1v) is 12.0. The minimum atomic E-state index is -0.947. The van der Waals surface area contributed by atoms with Crippen molar-refractivity contribution >= 4 is 23.8 Å². The van der Waals surface area contributed by atoms with Gasteiger partial charge in [-0.05, 0) is 32.1 Å². The topological polar surface area (TPSA) is 134 Å². The van der Waals surface area contributed by atoms with Gasteiger partial charge in [0, 0.05) is 31.5 Å². The van der Waals surface area contributed by atoms with Crippen LogP contribution in [0.5, 0.6) is 0 Å². The second kappa shape index (κ2) is 10.8. The van der Waals surface area contributed by atoms with Gasteiger partial charge in [0.2, 0.25) is 5.91 Å². The molecule has 3 atom stereocenters. The molecule has 1 saturated carbocycles. The zero-order valence-corrected chi connectivity index (χ0v) is 19.4. The van der Waals surface area contributed by atoms with E-state index in [9.17, 15) is 19.2 Å². The monoisotopic (exact) mass is 472 g/mol. The van der Waals surface area contributed by atoms with Gasteiger partial charge < -0.3 is 25.2 Å². The first kappa shape index (κ1) is 23.9. The van der Waals surface area contributed by atoms with Gasteiger partial charge in [0.15, 0.2) is 0 Å². The summed E-state index contributed by atoms with van der Waals surface area (Å²) >= 11 is 0. The van der Waals surface area contributed by atoms with E-state index in [4.69, 9.17) is 4.74 Å². The number of methoxy groups -OCH3 is 1. The lowest BCUT2D eigenvalue weighted by Crippen LogP contribution is -2.58. The molecular formula is C23H32N6O5. The van der Waals surface area contributed by atoms with Crippen LogP contribution in [-0.2, 0) is 14.3 Å². The quantitative estimate of drug-likeness (QED) is 0.607. The number of amides is 4. The van der Waals surface area contributed by atoms with Crippen molar-refractivity contribution in [2.45, 2.75) is 75.5 Å². The summed E-state index contributed by atoms with van der Waals surface area (Å²) in [5.74, 6) is -1.28. The predicted octanol–water partition coefficient (Wildman–Crippen LogP) is 0.856. The Hall–Kier alpha value is -3.24. The van der Waals surface area contributed by atoms with Crippen LogP contribution in [0.1, 0.15) is 61.9 Å². The van der Waals surface area contributed by atoms with E-state index in [-0.39, 0.29) is 30.2 Å². The van der Waals surface area contributed by atoms with Crippen molar-refractivity contribution in [1.29, 1.82) is 0 Å². The average Bonchev–Trinajstić information content (AvgIpc) is 3.51. The van der Waals surface area contributed by atoms with Crippen LogP contribution in [0, 0.1) is 0 Å². The SMILES string of the molecule is COC(=O)C1CCCN1C(=O)C1C(NC(=O)NC2CCCCC2)CCN1C(=O)c1cnccn1. The molecule has 3 heterocycles. The van der Waals surface area contributed by atoms with Crippen molar-refractivity contribution in [2.75, 3.05) is 20.2 Å². The minimum Gasteiger partial charge on any atom is -0.467 e. The molecule has 1 aromatic heterocycles. The van der Waals surface area contributed by atoms with Crippen molar-refractivity contribution in [1.82, 2.24) is 30.4 Å². The number of hydrogen-bond acceptors (Lipinski definition) is 7. The third kappa shape index (κ3) is 5.13. The molecule has 1 aromatic rings. The van der Waals surface area contributed by atoms with E-state index in [2.05, 4.69) is 20.6 Å². The smallest absolute Gasteiger partial charge is 0.328 e. The first-order valence-electron chi connectivity index (χ1n) is 12.0. The van der Waals surface area contributed by atoms with E-state index >= 15 is 0 Å². The van der Waals surface area contributed by atoms with Crippen LogP contribution in [-0.4, -0.2) is 87.9 Å². The number of carbonyl (C=O) groups is 4. The van der Waals surface area contributed by atoms with E-state index in [1.165, 1.54) is 41.9 Å². The Bertz CT molecular complexity index is 906. The molecule has 11 nitrogen and oxygen atoms in total. The summed E-state index contributed by atoms with van der Waals surface area (Å²) in [6, 6.07) is -2.45. The molecule has 0 spiro atoms. The molecule has 2 aliphatic heterocycles. The molecule has 0 bridgehead atoms. The molecule has 0 radical (unpaired) electrons. The van der Waals surface area contributed by atoms with Gasteiger partial charge in [0.1, 0.15) is 17.8 Å². The van der Waals surface area contributed by atoms with Gasteiger partial charge >= 0.3 is 12.0 Å². The summed E-state index contributed by atoms with van der Waals surface area (Å²) in [5, 5.41) is 5.94. The van der Waals surface area contributed by atoms with Crippen molar-refractivity contribution in [3.63, 3.8) is 0 Å². The molecule has 4 amide bonds. The predicted molar refractivity (Wildman–Crippen MR) is 121 cm³/mol. The Labute approximate surface area is 198 Å². The standard InChI is InChI=1S/C23H32N6O5/c1-34-22(32)18-8-5-12-28(18)21(31)19-16(27-23(33)26-15-6-3-2-4-7-15)9-13-29(19)20(30)17-14-24-10-11-25-17/h10-11,14-16,18-19H,2-9,12-13H2,1H3,(H2,26,27,33). The van der Waals surface area contributed by atoms with Gasteiger partial charge in [0.25, 0.3) is 5.91 Å². The molecular weight excluding hydrogens is 440 g/mol. The molecule has 11 heteroatoms. The maximum atomic E-state index is 13.7. The summed E-state index contributed by atoms with van der Waals surface area (Å²) in [6.45, 7) is 0.667. The Balaban J connectivity index is 1.54. The third-order valence-corrected chi connectivity index (χ3v) is 6.96. The van der Waals surface area contributed by atoms with E-state index in [0.29, 0.717) is 25.8 Å². The number of urea groups is 1. The number of esters is 1. The first-order chi connectivity index (χ1) is 16.5. The number of likely N-dealkylation sites (tertiary alicyclic amines) is 2. The van der Waals surface area contributed by atoms with Gasteiger partial charge in [-0.25, -0.2) is 14.6 Å². The fraction of sp³-hybridized carbons (Fsp3) is 0.652. The molecule has 34 heavy (non-hydrogen) atoms. The summed E-state index contributed by atoms with van der Waals surface area (Å²) in [6.07, 6.45) is 11.0. The molecule has 2 N–H and O–H groups in total. The van der Waals surface area contributed by atoms with Crippen molar-refractivity contribution in [3.8, 4) is 0 Å². The number of ether oxygens (including phenoxy) is 1. The van der Waals surface area contributed by atoms with Gasteiger partial charge in [0.05, 0.1) is 19.3 Å². The maximum absolute atomic E-state index is 13.7. The molecule has 0 aromatic carbocycles. The fourth-order valence-corrected chi connectivity index (χ4v) is 5.26. The van der Waals surface area contributed by atoms with E-state index in [1.54, 1.807) is 0 Å². The van der Waals surface area contributed by atoms with Crippen molar-refractivity contribution in [3.05, 3.63) is 24.3 Å². The number of nitrogens with one attached hydrogen (secondary N) is 2. The van der Waals surface area contributed by atoms with Crippen LogP contribution in [0.25, 0.3) is 0 Å². The Kier molecular flexibility index (Phi) is 7.59. The highest BCUT2D eigenvalue weighted by molar-refractivity contribution is 5.98. The highest BCUT2D eigenvalue weighted by Gasteiger charge is 2.48. The molecule has 184 valence electrons. The van der Waals surface area contributed by atoms with Crippen LogP contribution in [0.15, 0.2) is 18.6 Å². The summed E-state index contributed by atoms with van der Waals surface area (Å²) in [7, 11) is 1.29. The summed E-state index contributed by atoms with van der Waals surface area (Å²) < 4.78 is 4.89. The largest absolute Gasteiger partial charge is 0.467 e. The Morgan fingerprint density at radius 3 is 2.44 bits per heavy atom. The van der Waals surface area contributed by atoms with Gasteiger partial charge in [-0.2, -0.15) is 0 Å². The van der Waals surface area contributed by atoms with Crippen LogP contribution >= 0.6 is 0 Å². The zero-order chi connectivity index (χ0) is 24.1. The van der Waals surface area contributed by atoms with Crippen molar-refractivity contribution < 1.29 is 23.9 Å². The highest BCUT2D eigenvalue weighted by Crippen LogP contribution is 2.27.